The van der Waals surface area contributed by atoms with E-state index in [1.54, 1.807) is 7.11 Å². The molecule has 0 saturated heterocycles. The molecule has 2 N–H and O–H groups in total. The SMILES string of the molecule is COc1ccccc1CCNCC1(C(=O)O)CCC1. The molecular weight excluding hydrogens is 242 g/mol. The van der Waals surface area contributed by atoms with Gasteiger partial charge in [-0.25, -0.2) is 0 Å². The highest BCUT2D eigenvalue weighted by molar-refractivity contribution is 5.76. The Kier molecular flexibility index (Phi) is 4.43. The molecule has 0 heterocycles. The summed E-state index contributed by atoms with van der Waals surface area (Å²) in [5, 5.41) is 12.5. The third kappa shape index (κ3) is 3.07. The fourth-order valence-electron chi connectivity index (χ4n) is 2.53. The Morgan fingerprint density at radius 1 is 1.42 bits per heavy atom. The number of hydrogen-bond acceptors (Lipinski definition) is 3. The minimum atomic E-state index is -0.663. The summed E-state index contributed by atoms with van der Waals surface area (Å²) < 4.78 is 5.29. The Balaban J connectivity index is 1.79. The Morgan fingerprint density at radius 2 is 2.16 bits per heavy atom. The highest BCUT2D eigenvalue weighted by Crippen LogP contribution is 2.40. The van der Waals surface area contributed by atoms with E-state index in [2.05, 4.69) is 5.32 Å². The molecule has 104 valence electrons. The summed E-state index contributed by atoms with van der Waals surface area (Å²) in [4.78, 5) is 11.2. The van der Waals surface area contributed by atoms with Crippen molar-refractivity contribution in [2.45, 2.75) is 25.7 Å². The van der Waals surface area contributed by atoms with Crippen LogP contribution < -0.4 is 10.1 Å². The Hall–Kier alpha value is -1.55. The van der Waals surface area contributed by atoms with Gasteiger partial charge < -0.3 is 15.2 Å². The lowest BCUT2D eigenvalue weighted by Gasteiger charge is -2.37. The van der Waals surface area contributed by atoms with Crippen LogP contribution >= 0.6 is 0 Å². The van der Waals surface area contributed by atoms with Gasteiger partial charge in [-0.1, -0.05) is 24.6 Å². The molecule has 0 unspecified atom stereocenters. The third-order valence-corrected chi connectivity index (χ3v) is 3.99. The standard InChI is InChI=1S/C15H21NO3/c1-19-13-6-3-2-5-12(13)7-10-16-11-15(14(17)18)8-4-9-15/h2-3,5-6,16H,4,7-11H2,1H3,(H,17,18). The monoisotopic (exact) mass is 263 g/mol. The van der Waals surface area contributed by atoms with Gasteiger partial charge in [0.05, 0.1) is 12.5 Å². The fraction of sp³-hybridized carbons (Fsp3) is 0.533. The molecule has 0 aromatic heterocycles. The van der Waals surface area contributed by atoms with Gasteiger partial charge in [0.25, 0.3) is 0 Å². The minimum Gasteiger partial charge on any atom is -0.496 e. The maximum Gasteiger partial charge on any atom is 0.310 e. The summed E-state index contributed by atoms with van der Waals surface area (Å²) in [5.74, 6) is 0.226. The number of carboxylic acids is 1. The van der Waals surface area contributed by atoms with Crippen LogP contribution in [0, 0.1) is 5.41 Å². The third-order valence-electron chi connectivity index (χ3n) is 3.99. The summed E-state index contributed by atoms with van der Waals surface area (Å²) in [5.41, 5.74) is 0.635. The van der Waals surface area contributed by atoms with Crippen LogP contribution in [0.4, 0.5) is 0 Å². The van der Waals surface area contributed by atoms with Crippen LogP contribution in [0.1, 0.15) is 24.8 Å². The smallest absolute Gasteiger partial charge is 0.310 e. The van der Waals surface area contributed by atoms with Crippen molar-refractivity contribution in [2.75, 3.05) is 20.2 Å². The van der Waals surface area contributed by atoms with Gasteiger partial charge >= 0.3 is 5.97 Å². The van der Waals surface area contributed by atoms with Crippen molar-refractivity contribution >= 4 is 5.97 Å². The number of hydrogen-bond donors (Lipinski definition) is 2. The average Bonchev–Trinajstić information content (AvgIpc) is 2.36. The number of carbonyl (C=O) groups is 1. The van der Waals surface area contributed by atoms with E-state index >= 15 is 0 Å². The van der Waals surface area contributed by atoms with E-state index < -0.39 is 11.4 Å². The van der Waals surface area contributed by atoms with Crippen LogP contribution in [0.15, 0.2) is 24.3 Å². The van der Waals surface area contributed by atoms with Crippen LogP contribution in [0.2, 0.25) is 0 Å². The van der Waals surface area contributed by atoms with Gasteiger partial charge in [0, 0.05) is 6.54 Å². The molecule has 1 aliphatic rings. The van der Waals surface area contributed by atoms with E-state index in [0.717, 1.165) is 43.5 Å². The van der Waals surface area contributed by atoms with Gasteiger partial charge in [-0.15, -0.1) is 0 Å². The summed E-state index contributed by atoms with van der Waals surface area (Å²) in [6.07, 6.45) is 3.47. The second kappa shape index (κ2) is 6.06. The van der Waals surface area contributed by atoms with Gasteiger partial charge in [0.15, 0.2) is 0 Å². The molecule has 2 rings (SSSR count). The molecule has 0 spiro atoms. The molecule has 19 heavy (non-hydrogen) atoms. The molecule has 1 aromatic rings. The van der Waals surface area contributed by atoms with Crippen molar-refractivity contribution < 1.29 is 14.6 Å². The molecule has 0 radical (unpaired) electrons. The molecule has 0 bridgehead atoms. The summed E-state index contributed by atoms with van der Waals surface area (Å²) in [6.45, 7) is 1.34. The number of benzene rings is 1. The van der Waals surface area contributed by atoms with Crippen molar-refractivity contribution in [3.8, 4) is 5.75 Å². The van der Waals surface area contributed by atoms with Crippen LogP contribution in [-0.2, 0) is 11.2 Å². The molecular formula is C15H21NO3. The number of rotatable bonds is 7. The largest absolute Gasteiger partial charge is 0.496 e. The molecule has 1 saturated carbocycles. The van der Waals surface area contributed by atoms with E-state index in [1.165, 1.54) is 0 Å². The molecule has 1 fully saturated rings. The number of ether oxygens (including phenoxy) is 1. The van der Waals surface area contributed by atoms with Crippen LogP contribution in [0.25, 0.3) is 0 Å². The van der Waals surface area contributed by atoms with Gasteiger partial charge in [0.2, 0.25) is 0 Å². The van der Waals surface area contributed by atoms with Gasteiger partial charge in [0.1, 0.15) is 5.75 Å². The summed E-state index contributed by atoms with van der Waals surface area (Å²) >= 11 is 0. The Labute approximate surface area is 113 Å². The van der Waals surface area contributed by atoms with Crippen LogP contribution in [0.3, 0.4) is 0 Å². The van der Waals surface area contributed by atoms with Gasteiger partial charge in [-0.3, -0.25) is 4.79 Å². The maximum atomic E-state index is 11.2. The second-order valence-corrected chi connectivity index (χ2v) is 5.18. The lowest BCUT2D eigenvalue weighted by atomic mass is 9.69. The second-order valence-electron chi connectivity index (χ2n) is 5.18. The van der Waals surface area contributed by atoms with Crippen molar-refractivity contribution in [1.29, 1.82) is 0 Å². The first-order valence-corrected chi connectivity index (χ1v) is 6.74. The normalized spacial score (nSPS) is 16.7. The van der Waals surface area contributed by atoms with Crippen molar-refractivity contribution in [1.82, 2.24) is 5.32 Å². The van der Waals surface area contributed by atoms with Crippen molar-refractivity contribution in [3.63, 3.8) is 0 Å². The quantitative estimate of drug-likeness (QED) is 0.739. The van der Waals surface area contributed by atoms with Gasteiger partial charge in [-0.2, -0.15) is 0 Å². The Morgan fingerprint density at radius 3 is 2.74 bits per heavy atom. The maximum absolute atomic E-state index is 11.2. The molecule has 4 heteroatoms. The average molecular weight is 263 g/mol. The molecule has 4 nitrogen and oxygen atoms in total. The minimum absolute atomic E-state index is 0.513. The zero-order valence-electron chi connectivity index (χ0n) is 11.3. The van der Waals surface area contributed by atoms with Crippen molar-refractivity contribution in [2.24, 2.45) is 5.41 Å². The molecule has 0 amide bonds. The van der Waals surface area contributed by atoms with E-state index in [4.69, 9.17) is 4.74 Å². The van der Waals surface area contributed by atoms with Crippen molar-refractivity contribution in [3.05, 3.63) is 29.8 Å². The first kappa shape index (κ1) is 13.9. The highest BCUT2D eigenvalue weighted by atomic mass is 16.5. The highest BCUT2D eigenvalue weighted by Gasteiger charge is 2.43. The predicted molar refractivity (Wildman–Crippen MR) is 73.5 cm³/mol. The predicted octanol–water partition coefficient (Wildman–Crippen LogP) is 2.08. The van der Waals surface area contributed by atoms with Crippen LogP contribution in [-0.4, -0.2) is 31.3 Å². The number of nitrogens with one attached hydrogen (secondary N) is 1. The number of para-hydroxylation sites is 1. The van der Waals surface area contributed by atoms with E-state index in [0.29, 0.717) is 6.54 Å². The van der Waals surface area contributed by atoms with E-state index in [9.17, 15) is 9.90 Å². The lowest BCUT2D eigenvalue weighted by molar-refractivity contribution is -0.154. The zero-order valence-corrected chi connectivity index (χ0v) is 11.3. The molecule has 1 aromatic carbocycles. The summed E-state index contributed by atoms with van der Waals surface area (Å²) in [6, 6.07) is 7.92. The number of methoxy groups -OCH3 is 1. The van der Waals surface area contributed by atoms with E-state index in [-0.39, 0.29) is 0 Å². The number of aliphatic carboxylic acids is 1. The van der Waals surface area contributed by atoms with E-state index in [1.807, 2.05) is 24.3 Å². The number of carboxylic acid groups (broad SMARTS) is 1. The van der Waals surface area contributed by atoms with Gasteiger partial charge in [-0.05, 0) is 37.4 Å². The topological polar surface area (TPSA) is 58.6 Å². The summed E-state index contributed by atoms with van der Waals surface area (Å²) in [7, 11) is 1.67. The fourth-order valence-corrected chi connectivity index (χ4v) is 2.53. The molecule has 1 aliphatic carbocycles. The van der Waals surface area contributed by atoms with Crippen LogP contribution in [0.5, 0.6) is 5.75 Å². The Bertz CT molecular complexity index is 441. The molecule has 0 atom stereocenters. The molecule has 0 aliphatic heterocycles. The first-order valence-electron chi connectivity index (χ1n) is 6.74. The zero-order chi connectivity index (χ0) is 13.7. The first-order chi connectivity index (χ1) is 9.18. The lowest BCUT2D eigenvalue weighted by Crippen LogP contribution is -2.46.